The minimum absolute atomic E-state index is 0. The van der Waals surface area contributed by atoms with Crippen molar-refractivity contribution >= 4 is 33.6 Å². The molecule has 4 atom stereocenters. The SMILES string of the molecule is C.C.CC(=O)Cn1c2c(c3ccccc31)CN1CCC2C1.O=C(O)Cn1c2c(c3ccccc31)CN1CCC2C1.[Na+].[OH-]. The van der Waals surface area contributed by atoms with Gasteiger partial charge in [0.1, 0.15) is 12.3 Å². The molecule has 6 heterocycles. The maximum absolute atomic E-state index is 11.6. The van der Waals surface area contributed by atoms with Gasteiger partial charge in [-0.1, -0.05) is 51.3 Å². The molecule has 0 radical (unpaired) electrons. The third-order valence-corrected chi connectivity index (χ3v) is 9.00. The van der Waals surface area contributed by atoms with Gasteiger partial charge in [-0.25, -0.2) is 0 Å². The maximum atomic E-state index is 11.6. The van der Waals surface area contributed by atoms with Gasteiger partial charge in [0.2, 0.25) is 0 Å². The summed E-state index contributed by atoms with van der Waals surface area (Å²) in [7, 11) is 0. The molecule has 0 aliphatic carbocycles. The fourth-order valence-corrected chi connectivity index (χ4v) is 7.60. The van der Waals surface area contributed by atoms with Gasteiger partial charge >= 0.3 is 35.5 Å². The zero-order chi connectivity index (χ0) is 26.0. The molecule has 0 amide bonds. The van der Waals surface area contributed by atoms with Crippen molar-refractivity contribution < 1.29 is 49.7 Å². The molecule has 4 bridgehead atoms. The van der Waals surface area contributed by atoms with Crippen LogP contribution >= 0.6 is 0 Å². The number of aromatic nitrogens is 2. The van der Waals surface area contributed by atoms with E-state index in [1.807, 2.05) is 22.8 Å². The number of ketones is 1. The molecule has 2 N–H and O–H groups in total. The van der Waals surface area contributed by atoms with Gasteiger partial charge in [-0.3, -0.25) is 19.4 Å². The predicted molar refractivity (Wildman–Crippen MR) is 163 cm³/mol. The first-order valence-corrected chi connectivity index (χ1v) is 13.8. The summed E-state index contributed by atoms with van der Waals surface area (Å²) in [5, 5.41) is 11.8. The van der Waals surface area contributed by atoms with E-state index in [0.29, 0.717) is 18.4 Å². The van der Waals surface area contributed by atoms with Gasteiger partial charge in [0.15, 0.2) is 0 Å². The van der Waals surface area contributed by atoms with E-state index in [2.05, 4.69) is 44.7 Å². The largest absolute Gasteiger partial charge is 1.00 e. The summed E-state index contributed by atoms with van der Waals surface area (Å²) in [5.74, 6) is 0.610. The Kier molecular flexibility index (Phi) is 10.9. The molecular formula is C33H43N4NaO4. The second kappa shape index (κ2) is 13.5. The van der Waals surface area contributed by atoms with Gasteiger partial charge in [-0.15, -0.1) is 0 Å². The quantitative estimate of drug-likeness (QED) is 0.372. The molecule has 2 saturated heterocycles. The molecule has 2 aromatic carbocycles. The number of carboxylic acid groups (broad SMARTS) is 1. The van der Waals surface area contributed by atoms with E-state index in [4.69, 9.17) is 0 Å². The second-order valence-electron chi connectivity index (χ2n) is 11.5. The first kappa shape index (κ1) is 34.0. The Labute approximate surface area is 270 Å². The molecular weight excluding hydrogens is 539 g/mol. The summed E-state index contributed by atoms with van der Waals surface area (Å²) in [5.41, 5.74) is 7.83. The standard InChI is InChI=1S/C16H18N2O.C15H16N2O2.2CH4.Na.H2O/c1-11(19)8-18-15-5-3-2-4-13(15)14-10-17-7-6-12(9-17)16(14)18;18-14(19)9-17-13-4-2-1-3-11(13)12-8-16-6-5-10(7-16)15(12)17;;;;/h2-5,12H,6-10H2,1H3;1-4,10H,5-9H2,(H,18,19);2*1H4;;1H2/q;;;;+1;/p-1. The molecule has 4 aromatic rings. The first-order chi connectivity index (χ1) is 18.5. The number of para-hydroxylation sites is 2. The van der Waals surface area contributed by atoms with Crippen molar-refractivity contribution in [2.75, 3.05) is 26.2 Å². The third-order valence-electron chi connectivity index (χ3n) is 9.00. The molecule has 42 heavy (non-hydrogen) atoms. The van der Waals surface area contributed by atoms with Crippen molar-refractivity contribution in [1.82, 2.24) is 18.9 Å². The Morgan fingerprint density at radius 2 is 1.19 bits per heavy atom. The van der Waals surface area contributed by atoms with Crippen molar-refractivity contribution in [2.24, 2.45) is 0 Å². The number of benzene rings is 2. The fourth-order valence-electron chi connectivity index (χ4n) is 7.60. The molecule has 4 aliphatic heterocycles. The topological polar surface area (TPSA) is 101 Å². The van der Waals surface area contributed by atoms with Gasteiger partial charge in [0.05, 0.1) is 6.54 Å². The van der Waals surface area contributed by atoms with Crippen LogP contribution in [0.2, 0.25) is 0 Å². The van der Waals surface area contributed by atoms with Crippen LogP contribution in [0.4, 0.5) is 0 Å². The number of carbonyl (C=O) groups excluding carboxylic acids is 1. The van der Waals surface area contributed by atoms with Crippen molar-refractivity contribution in [3.63, 3.8) is 0 Å². The van der Waals surface area contributed by atoms with Crippen molar-refractivity contribution in [3.8, 4) is 0 Å². The van der Waals surface area contributed by atoms with E-state index in [9.17, 15) is 14.7 Å². The summed E-state index contributed by atoms with van der Waals surface area (Å²) in [6.07, 6.45) is 2.39. The number of Topliss-reactive ketones (excluding diaryl/α,β-unsaturated/α-hetero) is 1. The van der Waals surface area contributed by atoms with Gasteiger partial charge in [0.25, 0.3) is 0 Å². The fraction of sp³-hybridized carbons (Fsp3) is 0.455. The van der Waals surface area contributed by atoms with Crippen molar-refractivity contribution in [1.29, 1.82) is 0 Å². The number of nitrogens with zero attached hydrogens (tertiary/aromatic N) is 4. The normalized spacial score (nSPS) is 22.3. The predicted octanol–water partition coefficient (Wildman–Crippen LogP) is 2.66. The minimum atomic E-state index is -0.760. The number of hydrogen-bond acceptors (Lipinski definition) is 5. The van der Waals surface area contributed by atoms with E-state index in [0.717, 1.165) is 38.1 Å². The van der Waals surface area contributed by atoms with E-state index < -0.39 is 5.97 Å². The Morgan fingerprint density at radius 1 is 0.762 bits per heavy atom. The van der Waals surface area contributed by atoms with E-state index in [1.165, 1.54) is 58.3 Å². The molecule has 0 saturated carbocycles. The number of carboxylic acids is 1. The molecule has 4 aliphatic rings. The maximum Gasteiger partial charge on any atom is 1.00 e. The molecule has 8 rings (SSSR count). The van der Waals surface area contributed by atoms with Crippen molar-refractivity contribution in [2.45, 2.75) is 72.6 Å². The van der Waals surface area contributed by atoms with E-state index in [1.54, 1.807) is 6.92 Å². The summed E-state index contributed by atoms with van der Waals surface area (Å²) in [4.78, 5) is 27.8. The second-order valence-corrected chi connectivity index (χ2v) is 11.5. The number of fused-ring (bicyclic) bond motifs is 12. The first-order valence-electron chi connectivity index (χ1n) is 13.8. The van der Waals surface area contributed by atoms with Crippen LogP contribution in [0.3, 0.4) is 0 Å². The van der Waals surface area contributed by atoms with E-state index in [-0.39, 0.29) is 62.2 Å². The summed E-state index contributed by atoms with van der Waals surface area (Å²) < 4.78 is 4.31. The Balaban J connectivity index is 0.000000210. The summed E-state index contributed by atoms with van der Waals surface area (Å²) >= 11 is 0. The van der Waals surface area contributed by atoms with Crippen LogP contribution < -0.4 is 29.6 Å². The van der Waals surface area contributed by atoms with Crippen LogP contribution in [0.25, 0.3) is 21.8 Å². The number of hydrogen-bond donors (Lipinski definition) is 1. The van der Waals surface area contributed by atoms with Crippen LogP contribution in [0, 0.1) is 0 Å². The molecule has 9 heteroatoms. The molecule has 220 valence electrons. The Bertz CT molecular complexity index is 1470. The van der Waals surface area contributed by atoms with Gasteiger partial charge in [0, 0.05) is 71.2 Å². The van der Waals surface area contributed by atoms with Gasteiger partial charge in [-0.05, 0) is 56.1 Å². The number of aliphatic carboxylic acids is 1. The van der Waals surface area contributed by atoms with Gasteiger partial charge in [-0.2, -0.15) is 0 Å². The van der Waals surface area contributed by atoms with Gasteiger partial charge < -0.3 is 19.7 Å². The third kappa shape index (κ3) is 5.73. The molecule has 2 aromatic heterocycles. The smallest absolute Gasteiger partial charge is 0.870 e. The number of rotatable bonds is 4. The molecule has 4 unspecified atom stereocenters. The van der Waals surface area contributed by atoms with Crippen molar-refractivity contribution in [3.05, 3.63) is 71.0 Å². The van der Waals surface area contributed by atoms with Crippen LogP contribution in [0.1, 0.15) is 69.0 Å². The van der Waals surface area contributed by atoms with Crippen LogP contribution in [0.15, 0.2) is 48.5 Å². The average molecular weight is 583 g/mol. The monoisotopic (exact) mass is 582 g/mol. The molecule has 0 spiro atoms. The Hall–Kier alpha value is -2.46. The zero-order valence-corrected chi connectivity index (χ0v) is 25.3. The summed E-state index contributed by atoms with van der Waals surface area (Å²) in [6, 6.07) is 16.7. The molecule has 8 nitrogen and oxygen atoms in total. The van der Waals surface area contributed by atoms with Crippen LogP contribution in [-0.4, -0.2) is 67.4 Å². The average Bonchev–Trinajstić information content (AvgIpc) is 3.64. The molecule has 2 fully saturated rings. The Morgan fingerprint density at radius 3 is 1.62 bits per heavy atom. The van der Waals surface area contributed by atoms with Crippen LogP contribution in [0.5, 0.6) is 0 Å². The minimum Gasteiger partial charge on any atom is -0.870 e. The number of carbonyl (C=O) groups is 2. The van der Waals surface area contributed by atoms with Crippen LogP contribution in [-0.2, 0) is 35.8 Å². The van der Waals surface area contributed by atoms with E-state index >= 15 is 0 Å². The summed E-state index contributed by atoms with van der Waals surface area (Å²) in [6.45, 7) is 8.90. The zero-order valence-electron chi connectivity index (χ0n) is 23.3.